The molecule has 0 spiro atoms. The number of benzene rings is 2. The number of aromatic amines is 1. The van der Waals surface area contributed by atoms with Crippen LogP contribution in [-0.4, -0.2) is 15.4 Å². The summed E-state index contributed by atoms with van der Waals surface area (Å²) in [4.78, 5) is 0. The normalized spacial score (nSPS) is 10.3. The first-order chi connectivity index (χ1) is 11.2. The van der Waals surface area contributed by atoms with Gasteiger partial charge in [-0.05, 0) is 35.9 Å². The Balaban J connectivity index is 1.83. The molecule has 0 saturated heterocycles. The summed E-state index contributed by atoms with van der Waals surface area (Å²) < 4.78 is 18.6. The van der Waals surface area contributed by atoms with Crippen LogP contribution in [0.2, 0.25) is 5.02 Å². The minimum Gasteiger partial charge on any atom is -0.489 e. The van der Waals surface area contributed by atoms with Crippen molar-refractivity contribution in [2.75, 3.05) is 0 Å². The van der Waals surface area contributed by atoms with Gasteiger partial charge in [-0.3, -0.25) is 0 Å². The molecule has 3 rings (SSSR count). The van der Waals surface area contributed by atoms with Crippen LogP contribution in [0.25, 0.3) is 11.3 Å². The van der Waals surface area contributed by atoms with Crippen LogP contribution >= 0.6 is 11.6 Å². The van der Waals surface area contributed by atoms with Gasteiger partial charge in [0.1, 0.15) is 29.9 Å². The van der Waals surface area contributed by atoms with Crippen LogP contribution in [0.4, 0.5) is 4.39 Å². The number of hydrogen-bond acceptors (Lipinski definition) is 4. The first-order valence-electron chi connectivity index (χ1n) is 6.65. The van der Waals surface area contributed by atoms with Crippen molar-refractivity contribution in [3.8, 4) is 23.1 Å². The van der Waals surface area contributed by atoms with Gasteiger partial charge < -0.3 is 4.74 Å². The van der Waals surface area contributed by atoms with E-state index in [0.29, 0.717) is 22.0 Å². The highest BCUT2D eigenvalue weighted by Gasteiger charge is 2.11. The third kappa shape index (κ3) is 3.47. The second-order valence-electron chi connectivity index (χ2n) is 4.74. The largest absolute Gasteiger partial charge is 0.489 e. The van der Waals surface area contributed by atoms with E-state index in [-0.39, 0.29) is 18.1 Å². The molecule has 0 aliphatic rings. The monoisotopic (exact) mass is 328 g/mol. The predicted molar refractivity (Wildman–Crippen MR) is 82.3 cm³/mol. The minimum absolute atomic E-state index is 0.247. The standard InChI is InChI=1S/C16H10ClFN4O/c17-12-5-11(16-15(8-19)20-22-21-16)6-14(7-12)23-9-10-1-3-13(18)4-2-10/h1-7H,9H2,(H,20,21,22). The van der Waals surface area contributed by atoms with Gasteiger partial charge in [0, 0.05) is 10.6 Å². The first-order valence-corrected chi connectivity index (χ1v) is 7.03. The van der Waals surface area contributed by atoms with Crippen molar-refractivity contribution in [1.82, 2.24) is 15.4 Å². The van der Waals surface area contributed by atoms with E-state index in [9.17, 15) is 4.39 Å². The molecule has 0 fully saturated rings. The molecule has 0 aliphatic heterocycles. The topological polar surface area (TPSA) is 74.6 Å². The van der Waals surface area contributed by atoms with Crippen LogP contribution in [0.1, 0.15) is 11.3 Å². The van der Waals surface area contributed by atoms with E-state index < -0.39 is 0 Å². The average molecular weight is 329 g/mol. The lowest BCUT2D eigenvalue weighted by atomic mass is 10.1. The zero-order valence-electron chi connectivity index (χ0n) is 11.8. The van der Waals surface area contributed by atoms with E-state index in [2.05, 4.69) is 15.4 Å². The molecule has 0 saturated carbocycles. The van der Waals surface area contributed by atoms with Gasteiger partial charge in [-0.15, -0.1) is 5.10 Å². The zero-order chi connectivity index (χ0) is 16.2. The molecule has 0 radical (unpaired) electrons. The SMILES string of the molecule is N#Cc1[nH]nnc1-c1cc(Cl)cc(OCc2ccc(F)cc2)c1. The molecule has 3 aromatic rings. The van der Waals surface area contributed by atoms with E-state index in [4.69, 9.17) is 21.6 Å². The fraction of sp³-hybridized carbons (Fsp3) is 0.0625. The third-order valence-electron chi connectivity index (χ3n) is 3.12. The van der Waals surface area contributed by atoms with E-state index in [0.717, 1.165) is 5.56 Å². The highest BCUT2D eigenvalue weighted by Crippen LogP contribution is 2.29. The smallest absolute Gasteiger partial charge is 0.163 e. The third-order valence-corrected chi connectivity index (χ3v) is 3.34. The van der Waals surface area contributed by atoms with Gasteiger partial charge >= 0.3 is 0 Å². The van der Waals surface area contributed by atoms with Gasteiger partial charge in [0.05, 0.1) is 0 Å². The zero-order valence-corrected chi connectivity index (χ0v) is 12.5. The molecule has 1 N–H and O–H groups in total. The van der Waals surface area contributed by atoms with Crippen molar-refractivity contribution in [2.45, 2.75) is 6.61 Å². The lowest BCUT2D eigenvalue weighted by molar-refractivity contribution is 0.306. The molecule has 7 heteroatoms. The van der Waals surface area contributed by atoms with Gasteiger partial charge in [-0.25, -0.2) is 9.49 Å². The summed E-state index contributed by atoms with van der Waals surface area (Å²) in [5, 5.41) is 19.5. The molecule has 5 nitrogen and oxygen atoms in total. The Morgan fingerprint density at radius 1 is 1.22 bits per heavy atom. The summed E-state index contributed by atoms with van der Waals surface area (Å²) in [6, 6.07) is 13.1. The van der Waals surface area contributed by atoms with Crippen LogP contribution in [0.5, 0.6) is 5.75 Å². The fourth-order valence-electron chi connectivity index (χ4n) is 2.04. The van der Waals surface area contributed by atoms with E-state index in [1.807, 2.05) is 6.07 Å². The molecule has 114 valence electrons. The Kier molecular flexibility index (Phi) is 4.22. The Morgan fingerprint density at radius 2 is 2.00 bits per heavy atom. The molecule has 0 aliphatic carbocycles. The van der Waals surface area contributed by atoms with E-state index in [1.54, 1.807) is 30.3 Å². The summed E-state index contributed by atoms with van der Waals surface area (Å²) in [7, 11) is 0. The van der Waals surface area contributed by atoms with Crippen molar-refractivity contribution in [2.24, 2.45) is 0 Å². The van der Waals surface area contributed by atoms with E-state index in [1.165, 1.54) is 12.1 Å². The number of H-pyrrole nitrogens is 1. The van der Waals surface area contributed by atoms with Crippen LogP contribution in [0.15, 0.2) is 42.5 Å². The lowest BCUT2D eigenvalue weighted by Gasteiger charge is -2.08. The lowest BCUT2D eigenvalue weighted by Crippen LogP contribution is -1.96. The number of nitrogens with zero attached hydrogens (tertiary/aromatic N) is 3. The molecule has 1 aromatic heterocycles. The number of nitrogens with one attached hydrogen (secondary N) is 1. The number of aromatic nitrogens is 3. The predicted octanol–water partition coefficient (Wildman–Crippen LogP) is 3.71. The van der Waals surface area contributed by atoms with Crippen molar-refractivity contribution in [3.63, 3.8) is 0 Å². The summed E-state index contributed by atoms with van der Waals surface area (Å²) in [5.74, 6) is 0.220. The van der Waals surface area contributed by atoms with Crippen LogP contribution in [-0.2, 0) is 6.61 Å². The summed E-state index contributed by atoms with van der Waals surface area (Å²) in [5.41, 5.74) is 2.10. The van der Waals surface area contributed by atoms with Crippen LogP contribution in [0, 0.1) is 17.1 Å². The molecule has 1 heterocycles. The number of rotatable bonds is 4. The van der Waals surface area contributed by atoms with Gasteiger partial charge in [0.15, 0.2) is 5.69 Å². The number of ether oxygens (including phenoxy) is 1. The highest BCUT2D eigenvalue weighted by atomic mass is 35.5. The Labute approximate surface area is 136 Å². The summed E-state index contributed by atoms with van der Waals surface area (Å²) in [6.45, 7) is 0.268. The fourth-order valence-corrected chi connectivity index (χ4v) is 2.26. The molecule has 0 amide bonds. The van der Waals surface area contributed by atoms with Crippen molar-refractivity contribution < 1.29 is 9.13 Å². The van der Waals surface area contributed by atoms with E-state index >= 15 is 0 Å². The van der Waals surface area contributed by atoms with Gasteiger partial charge in [-0.1, -0.05) is 28.9 Å². The number of nitriles is 1. The van der Waals surface area contributed by atoms with Crippen LogP contribution in [0.3, 0.4) is 0 Å². The van der Waals surface area contributed by atoms with Crippen LogP contribution < -0.4 is 4.74 Å². The molecular formula is C16H10ClFN4O. The molecule has 23 heavy (non-hydrogen) atoms. The molecule has 0 unspecified atom stereocenters. The maximum absolute atomic E-state index is 12.9. The van der Waals surface area contributed by atoms with Gasteiger partial charge in [0.2, 0.25) is 0 Å². The number of halogens is 2. The average Bonchev–Trinajstić information content (AvgIpc) is 3.02. The minimum atomic E-state index is -0.297. The van der Waals surface area contributed by atoms with Crippen molar-refractivity contribution in [1.29, 1.82) is 5.26 Å². The molecule has 0 bridgehead atoms. The molecular weight excluding hydrogens is 319 g/mol. The molecule has 0 atom stereocenters. The Hall–Kier alpha value is -2.91. The maximum atomic E-state index is 12.9. The van der Waals surface area contributed by atoms with Gasteiger partial charge in [0.25, 0.3) is 0 Å². The second-order valence-corrected chi connectivity index (χ2v) is 5.17. The quantitative estimate of drug-likeness (QED) is 0.792. The second kappa shape index (κ2) is 6.46. The Morgan fingerprint density at radius 3 is 2.74 bits per heavy atom. The highest BCUT2D eigenvalue weighted by molar-refractivity contribution is 6.31. The van der Waals surface area contributed by atoms with Crippen molar-refractivity contribution >= 4 is 11.6 Å². The Bertz CT molecular complexity index is 871. The van der Waals surface area contributed by atoms with Crippen molar-refractivity contribution in [3.05, 3.63) is 64.6 Å². The maximum Gasteiger partial charge on any atom is 0.163 e. The first kappa shape index (κ1) is 15.0. The molecule has 2 aromatic carbocycles. The summed E-state index contributed by atoms with van der Waals surface area (Å²) in [6.07, 6.45) is 0. The number of hydrogen-bond donors (Lipinski definition) is 1. The van der Waals surface area contributed by atoms with Gasteiger partial charge in [-0.2, -0.15) is 5.26 Å². The summed E-state index contributed by atoms with van der Waals surface area (Å²) >= 11 is 6.09.